The maximum absolute atomic E-state index is 12.5. The van der Waals surface area contributed by atoms with E-state index in [2.05, 4.69) is 22.0 Å². The van der Waals surface area contributed by atoms with E-state index in [4.69, 9.17) is 12.2 Å². The first-order chi connectivity index (χ1) is 9.72. The predicted molar refractivity (Wildman–Crippen MR) is 85.6 cm³/mol. The van der Waals surface area contributed by atoms with Crippen LogP contribution in [-0.2, 0) is 4.79 Å². The van der Waals surface area contributed by atoms with E-state index < -0.39 is 0 Å². The quantitative estimate of drug-likeness (QED) is 0.808. The van der Waals surface area contributed by atoms with Gasteiger partial charge in [0.2, 0.25) is 5.91 Å². The van der Waals surface area contributed by atoms with Gasteiger partial charge in [-0.1, -0.05) is 26.2 Å². The smallest absolute Gasteiger partial charge is 0.225 e. The van der Waals surface area contributed by atoms with E-state index >= 15 is 0 Å². The lowest BCUT2D eigenvalue weighted by Crippen LogP contribution is -2.54. The molecule has 2 fully saturated rings. The van der Waals surface area contributed by atoms with Crippen molar-refractivity contribution in [1.82, 2.24) is 15.1 Å². The fourth-order valence-electron chi connectivity index (χ4n) is 3.08. The lowest BCUT2D eigenvalue weighted by Gasteiger charge is -2.38. The molecule has 1 amide bonds. The molecule has 5 heteroatoms. The van der Waals surface area contributed by atoms with Gasteiger partial charge in [0.05, 0.1) is 0 Å². The summed E-state index contributed by atoms with van der Waals surface area (Å²) < 4.78 is 0. The van der Waals surface area contributed by atoms with Gasteiger partial charge in [0.1, 0.15) is 0 Å². The summed E-state index contributed by atoms with van der Waals surface area (Å²) in [6, 6.07) is 0. The average Bonchev–Trinajstić information content (AvgIpc) is 2.53. The van der Waals surface area contributed by atoms with Crippen molar-refractivity contribution in [2.75, 3.05) is 32.7 Å². The van der Waals surface area contributed by atoms with Gasteiger partial charge in [0.15, 0.2) is 5.11 Å². The van der Waals surface area contributed by atoms with Crippen molar-refractivity contribution >= 4 is 23.2 Å². The number of rotatable bonds is 3. The number of thiocarbonyl (C=S) groups is 1. The number of piperazine rings is 1. The molecule has 0 atom stereocenters. The first kappa shape index (κ1) is 15.5. The molecular formula is C15H27N3OS. The molecule has 20 heavy (non-hydrogen) atoms. The zero-order valence-corrected chi connectivity index (χ0v) is 13.4. The second-order valence-corrected chi connectivity index (χ2v) is 6.27. The van der Waals surface area contributed by atoms with Crippen LogP contribution in [0.25, 0.3) is 0 Å². The molecular weight excluding hydrogens is 270 g/mol. The fourth-order valence-corrected chi connectivity index (χ4v) is 3.37. The van der Waals surface area contributed by atoms with Crippen LogP contribution in [0.4, 0.5) is 0 Å². The third-order valence-corrected chi connectivity index (χ3v) is 4.76. The third kappa shape index (κ3) is 4.08. The molecule has 0 aromatic rings. The van der Waals surface area contributed by atoms with Crippen molar-refractivity contribution in [1.29, 1.82) is 0 Å². The Morgan fingerprint density at radius 3 is 2.30 bits per heavy atom. The molecule has 2 aliphatic rings. The third-order valence-electron chi connectivity index (χ3n) is 4.36. The second kappa shape index (κ2) is 7.81. The predicted octanol–water partition coefficient (Wildman–Crippen LogP) is 2.00. The zero-order chi connectivity index (χ0) is 14.4. The molecule has 0 spiro atoms. The largest absolute Gasteiger partial charge is 0.363 e. The SMILES string of the molecule is CCCNC(=S)N1CCN(C(=O)C2CCCCC2)CC1. The highest BCUT2D eigenvalue weighted by Crippen LogP contribution is 2.25. The number of amides is 1. The minimum atomic E-state index is 0.292. The van der Waals surface area contributed by atoms with Gasteiger partial charge in [-0.15, -0.1) is 0 Å². The van der Waals surface area contributed by atoms with Gasteiger partial charge in [-0.25, -0.2) is 0 Å². The second-order valence-electron chi connectivity index (χ2n) is 5.88. The molecule has 2 rings (SSSR count). The van der Waals surface area contributed by atoms with Crippen molar-refractivity contribution in [3.63, 3.8) is 0 Å². The Morgan fingerprint density at radius 1 is 1.10 bits per heavy atom. The van der Waals surface area contributed by atoms with Gasteiger partial charge >= 0.3 is 0 Å². The van der Waals surface area contributed by atoms with Gasteiger partial charge in [-0.05, 0) is 31.5 Å². The Bertz CT molecular complexity index is 334. The lowest BCUT2D eigenvalue weighted by molar-refractivity contribution is -0.137. The summed E-state index contributed by atoms with van der Waals surface area (Å²) in [4.78, 5) is 16.7. The van der Waals surface area contributed by atoms with Crippen molar-refractivity contribution < 1.29 is 4.79 Å². The fraction of sp³-hybridized carbons (Fsp3) is 0.867. The maximum atomic E-state index is 12.5. The van der Waals surface area contributed by atoms with Crippen LogP contribution in [-0.4, -0.2) is 53.5 Å². The van der Waals surface area contributed by atoms with Crippen molar-refractivity contribution in [3.8, 4) is 0 Å². The highest BCUT2D eigenvalue weighted by atomic mass is 32.1. The van der Waals surface area contributed by atoms with Crippen LogP contribution < -0.4 is 5.32 Å². The van der Waals surface area contributed by atoms with Crippen molar-refractivity contribution in [2.24, 2.45) is 5.92 Å². The van der Waals surface area contributed by atoms with Crippen LogP contribution in [0.2, 0.25) is 0 Å². The van der Waals surface area contributed by atoms with Gasteiger partial charge in [-0.2, -0.15) is 0 Å². The summed E-state index contributed by atoms with van der Waals surface area (Å²) in [5.41, 5.74) is 0. The molecule has 1 saturated heterocycles. The average molecular weight is 297 g/mol. The van der Waals surface area contributed by atoms with E-state index in [0.717, 1.165) is 57.1 Å². The van der Waals surface area contributed by atoms with Crippen LogP contribution in [0, 0.1) is 5.92 Å². The molecule has 4 nitrogen and oxygen atoms in total. The first-order valence-corrected chi connectivity index (χ1v) is 8.44. The Balaban J connectivity index is 1.75. The molecule has 0 unspecified atom stereocenters. The number of carbonyl (C=O) groups is 1. The summed E-state index contributed by atoms with van der Waals surface area (Å²) in [6.07, 6.45) is 7.02. The minimum absolute atomic E-state index is 0.292. The van der Waals surface area contributed by atoms with E-state index in [0.29, 0.717) is 11.8 Å². The number of hydrogen-bond donors (Lipinski definition) is 1. The molecule has 114 valence electrons. The van der Waals surface area contributed by atoms with E-state index in [1.807, 2.05) is 0 Å². The summed E-state index contributed by atoms with van der Waals surface area (Å²) in [6.45, 7) is 6.45. The first-order valence-electron chi connectivity index (χ1n) is 8.04. The molecule has 0 radical (unpaired) electrons. The number of carbonyl (C=O) groups excluding carboxylic acids is 1. The summed E-state index contributed by atoms with van der Waals surface area (Å²) in [5, 5.41) is 4.11. The van der Waals surface area contributed by atoms with Crippen molar-refractivity contribution in [2.45, 2.75) is 45.4 Å². The standard InChI is InChI=1S/C15H27N3OS/c1-2-8-16-15(20)18-11-9-17(10-12-18)14(19)13-6-4-3-5-7-13/h13H,2-12H2,1H3,(H,16,20). The monoisotopic (exact) mass is 297 g/mol. The van der Waals surface area contributed by atoms with Gasteiger partial charge in [0.25, 0.3) is 0 Å². The Kier molecular flexibility index (Phi) is 6.07. The molecule has 0 aromatic heterocycles. The maximum Gasteiger partial charge on any atom is 0.225 e. The molecule has 1 heterocycles. The van der Waals surface area contributed by atoms with Gasteiger partial charge in [-0.3, -0.25) is 4.79 Å². The van der Waals surface area contributed by atoms with Crippen molar-refractivity contribution in [3.05, 3.63) is 0 Å². The Morgan fingerprint density at radius 2 is 1.70 bits per heavy atom. The summed E-state index contributed by atoms with van der Waals surface area (Å²) in [5.74, 6) is 0.678. The van der Waals surface area contributed by atoms with Crippen LogP contribution in [0.3, 0.4) is 0 Å². The minimum Gasteiger partial charge on any atom is -0.363 e. The van der Waals surface area contributed by atoms with Crippen LogP contribution >= 0.6 is 12.2 Å². The Hall–Kier alpha value is -0.840. The molecule has 1 N–H and O–H groups in total. The van der Waals surface area contributed by atoms with Gasteiger partial charge in [0, 0.05) is 38.6 Å². The van der Waals surface area contributed by atoms with E-state index in [-0.39, 0.29) is 0 Å². The Labute approximate surface area is 127 Å². The molecule has 1 saturated carbocycles. The van der Waals surface area contributed by atoms with E-state index in [9.17, 15) is 4.79 Å². The summed E-state index contributed by atoms with van der Waals surface area (Å²) in [7, 11) is 0. The molecule has 0 bridgehead atoms. The zero-order valence-electron chi connectivity index (χ0n) is 12.6. The normalized spacial score (nSPS) is 20.9. The molecule has 0 aromatic carbocycles. The molecule has 1 aliphatic carbocycles. The lowest BCUT2D eigenvalue weighted by atomic mass is 9.88. The van der Waals surface area contributed by atoms with Crippen LogP contribution in [0.5, 0.6) is 0 Å². The van der Waals surface area contributed by atoms with E-state index in [1.165, 1.54) is 19.3 Å². The number of nitrogens with zero attached hydrogens (tertiary/aromatic N) is 2. The van der Waals surface area contributed by atoms with Crippen LogP contribution in [0.15, 0.2) is 0 Å². The number of hydrogen-bond acceptors (Lipinski definition) is 2. The topological polar surface area (TPSA) is 35.6 Å². The highest BCUT2D eigenvalue weighted by molar-refractivity contribution is 7.80. The molecule has 1 aliphatic heterocycles. The van der Waals surface area contributed by atoms with E-state index in [1.54, 1.807) is 0 Å². The summed E-state index contributed by atoms with van der Waals surface area (Å²) >= 11 is 5.38. The highest BCUT2D eigenvalue weighted by Gasteiger charge is 2.28. The van der Waals surface area contributed by atoms with Crippen LogP contribution in [0.1, 0.15) is 45.4 Å². The van der Waals surface area contributed by atoms with Gasteiger partial charge < -0.3 is 15.1 Å². The number of nitrogens with one attached hydrogen (secondary N) is 1.